The molecule has 146 valence electrons. The monoisotopic (exact) mass is 431 g/mol. The highest BCUT2D eigenvalue weighted by molar-refractivity contribution is 7.88. The Morgan fingerprint density at radius 1 is 1.11 bits per heavy atom. The van der Waals surface area contributed by atoms with Crippen molar-refractivity contribution in [2.75, 3.05) is 26.0 Å². The topological polar surface area (TPSA) is 83.9 Å². The summed E-state index contributed by atoms with van der Waals surface area (Å²) in [6.45, 7) is 0.474. The molecule has 0 aliphatic carbocycles. The number of halogens is 2. The Balaban J connectivity index is 1.97. The second kappa shape index (κ2) is 9.41. The van der Waals surface area contributed by atoms with Crippen molar-refractivity contribution in [3.8, 4) is 5.75 Å². The molecular weight excluding hydrogens is 413 g/mol. The number of rotatable bonds is 9. The number of sulfonamides is 1. The summed E-state index contributed by atoms with van der Waals surface area (Å²) in [6, 6.07) is 11.2. The van der Waals surface area contributed by atoms with Gasteiger partial charge >= 0.3 is 5.97 Å². The maximum Gasteiger partial charge on any atom is 0.335 e. The summed E-state index contributed by atoms with van der Waals surface area (Å²) in [5, 5.41) is 9.89. The summed E-state index contributed by atoms with van der Waals surface area (Å²) in [5.41, 5.74) is 0.908. The van der Waals surface area contributed by atoms with Gasteiger partial charge in [-0.15, -0.1) is 0 Å². The summed E-state index contributed by atoms with van der Waals surface area (Å²) in [6.07, 6.45) is 1.51. The molecule has 2 aromatic carbocycles. The predicted molar refractivity (Wildman–Crippen MR) is 105 cm³/mol. The summed E-state index contributed by atoms with van der Waals surface area (Å²) < 4.78 is 30.9. The van der Waals surface area contributed by atoms with Gasteiger partial charge < -0.3 is 9.84 Å². The van der Waals surface area contributed by atoms with Crippen LogP contribution in [0.4, 0.5) is 0 Å². The van der Waals surface area contributed by atoms with Crippen molar-refractivity contribution in [3.05, 3.63) is 63.6 Å². The quantitative estimate of drug-likeness (QED) is 0.655. The van der Waals surface area contributed by atoms with Gasteiger partial charge in [-0.05, 0) is 42.3 Å². The molecule has 9 heteroatoms. The first-order valence-corrected chi connectivity index (χ1v) is 10.6. The Hall–Kier alpha value is -1.80. The van der Waals surface area contributed by atoms with Crippen LogP contribution in [0, 0.1) is 0 Å². The van der Waals surface area contributed by atoms with Crippen molar-refractivity contribution in [2.24, 2.45) is 0 Å². The van der Waals surface area contributed by atoms with E-state index in [9.17, 15) is 13.2 Å². The van der Waals surface area contributed by atoms with E-state index in [2.05, 4.69) is 0 Å². The van der Waals surface area contributed by atoms with Crippen molar-refractivity contribution in [3.63, 3.8) is 0 Å². The van der Waals surface area contributed by atoms with Gasteiger partial charge in [0.1, 0.15) is 12.4 Å². The lowest BCUT2D eigenvalue weighted by atomic mass is 10.1. The minimum absolute atomic E-state index is 0.124. The minimum atomic E-state index is -3.45. The van der Waals surface area contributed by atoms with Crippen LogP contribution < -0.4 is 4.74 Å². The largest absolute Gasteiger partial charge is 0.492 e. The van der Waals surface area contributed by atoms with Crippen LogP contribution >= 0.6 is 23.2 Å². The summed E-state index contributed by atoms with van der Waals surface area (Å²) >= 11 is 11.8. The van der Waals surface area contributed by atoms with Gasteiger partial charge in [0.25, 0.3) is 0 Å². The molecule has 0 spiro atoms. The Kier molecular flexibility index (Phi) is 7.49. The first-order valence-electron chi connectivity index (χ1n) is 8.01. The third-order valence-electron chi connectivity index (χ3n) is 3.74. The van der Waals surface area contributed by atoms with E-state index >= 15 is 0 Å². The number of aromatic carboxylic acids is 1. The second-order valence-corrected chi connectivity index (χ2v) is 8.73. The molecule has 2 aromatic rings. The zero-order chi connectivity index (χ0) is 20.0. The normalized spacial score (nSPS) is 11.6. The third-order valence-corrected chi connectivity index (χ3v) is 5.48. The van der Waals surface area contributed by atoms with E-state index in [0.29, 0.717) is 22.2 Å². The highest BCUT2D eigenvalue weighted by atomic mass is 35.5. The van der Waals surface area contributed by atoms with E-state index in [0.717, 1.165) is 11.8 Å². The summed E-state index contributed by atoms with van der Waals surface area (Å²) in [4.78, 5) is 11.0. The zero-order valence-electron chi connectivity index (χ0n) is 14.6. The fraction of sp³-hybridized carbons (Fsp3) is 0.278. The van der Waals surface area contributed by atoms with E-state index in [-0.39, 0.29) is 25.3 Å². The molecule has 0 aliphatic rings. The van der Waals surface area contributed by atoms with E-state index in [1.54, 1.807) is 30.3 Å². The average Bonchev–Trinajstić information content (AvgIpc) is 2.56. The highest BCUT2D eigenvalue weighted by Crippen LogP contribution is 2.24. The van der Waals surface area contributed by atoms with E-state index < -0.39 is 16.0 Å². The van der Waals surface area contributed by atoms with Gasteiger partial charge in [0.05, 0.1) is 11.8 Å². The van der Waals surface area contributed by atoms with Gasteiger partial charge in [0.15, 0.2) is 0 Å². The maximum atomic E-state index is 12.0. The van der Waals surface area contributed by atoms with Gasteiger partial charge in [-0.25, -0.2) is 13.2 Å². The molecule has 0 saturated carbocycles. The minimum Gasteiger partial charge on any atom is -0.492 e. The van der Waals surface area contributed by atoms with Crippen LogP contribution in [0.25, 0.3) is 0 Å². The number of carbonyl (C=O) groups is 1. The van der Waals surface area contributed by atoms with E-state index in [1.807, 2.05) is 0 Å². The van der Waals surface area contributed by atoms with E-state index in [4.69, 9.17) is 33.0 Å². The average molecular weight is 432 g/mol. The van der Waals surface area contributed by atoms with Crippen LogP contribution in [0.1, 0.15) is 15.9 Å². The first-order chi connectivity index (χ1) is 12.6. The van der Waals surface area contributed by atoms with Crippen LogP contribution in [-0.4, -0.2) is 49.8 Å². The van der Waals surface area contributed by atoms with Crippen molar-refractivity contribution < 1.29 is 23.1 Å². The standard InChI is InChI=1S/C18H19Cl2NO5S/c1-27(24,25)21(6-5-13-3-2-4-14(9-13)18(22)23)7-8-26-17-11-15(19)10-16(20)12-17/h2-4,9-12H,5-8H2,1H3,(H,22,23). The highest BCUT2D eigenvalue weighted by Gasteiger charge is 2.17. The van der Waals surface area contributed by atoms with Gasteiger partial charge in [-0.3, -0.25) is 0 Å². The lowest BCUT2D eigenvalue weighted by molar-refractivity contribution is 0.0696. The van der Waals surface area contributed by atoms with Crippen LogP contribution in [0.3, 0.4) is 0 Å². The number of benzene rings is 2. The lowest BCUT2D eigenvalue weighted by Crippen LogP contribution is -2.35. The fourth-order valence-electron chi connectivity index (χ4n) is 2.43. The smallest absolute Gasteiger partial charge is 0.335 e. The van der Waals surface area contributed by atoms with E-state index in [1.165, 1.54) is 16.4 Å². The SMILES string of the molecule is CS(=O)(=O)N(CCOc1cc(Cl)cc(Cl)c1)CCc1cccc(C(=O)O)c1. The molecule has 0 unspecified atom stereocenters. The molecule has 6 nitrogen and oxygen atoms in total. The Morgan fingerprint density at radius 2 is 1.78 bits per heavy atom. The van der Waals surface area contributed by atoms with Crippen LogP contribution in [-0.2, 0) is 16.4 Å². The molecule has 2 rings (SSSR count). The molecule has 0 aliphatic heterocycles. The van der Waals surface area contributed by atoms with Crippen molar-refractivity contribution >= 4 is 39.2 Å². The second-order valence-electron chi connectivity index (χ2n) is 5.87. The molecule has 0 saturated heterocycles. The summed E-state index contributed by atoms with van der Waals surface area (Å²) in [7, 11) is -3.45. The van der Waals surface area contributed by atoms with Gasteiger partial charge in [-0.2, -0.15) is 4.31 Å². The lowest BCUT2D eigenvalue weighted by Gasteiger charge is -2.20. The molecule has 0 heterocycles. The number of hydrogen-bond donors (Lipinski definition) is 1. The molecule has 0 aromatic heterocycles. The van der Waals surface area contributed by atoms with Crippen LogP contribution in [0.2, 0.25) is 10.0 Å². The van der Waals surface area contributed by atoms with Gasteiger partial charge in [0.2, 0.25) is 10.0 Å². The Morgan fingerprint density at radius 3 is 2.37 bits per heavy atom. The molecule has 27 heavy (non-hydrogen) atoms. The summed E-state index contributed by atoms with van der Waals surface area (Å²) in [5.74, 6) is -0.569. The van der Waals surface area contributed by atoms with Crippen molar-refractivity contribution in [1.29, 1.82) is 0 Å². The van der Waals surface area contributed by atoms with Crippen LogP contribution in [0.5, 0.6) is 5.75 Å². The van der Waals surface area contributed by atoms with Crippen molar-refractivity contribution in [1.82, 2.24) is 4.31 Å². The number of ether oxygens (including phenoxy) is 1. The third kappa shape index (κ3) is 7.03. The molecule has 0 fully saturated rings. The molecule has 0 amide bonds. The molecule has 1 N–H and O–H groups in total. The molecule has 0 atom stereocenters. The van der Waals surface area contributed by atoms with Gasteiger partial charge in [0, 0.05) is 23.1 Å². The fourth-order valence-corrected chi connectivity index (χ4v) is 3.77. The Bertz CT molecular complexity index is 897. The Labute approximate surface area is 168 Å². The number of carboxylic acids is 1. The van der Waals surface area contributed by atoms with Crippen LogP contribution in [0.15, 0.2) is 42.5 Å². The first kappa shape index (κ1) is 21.5. The van der Waals surface area contributed by atoms with Gasteiger partial charge in [-0.1, -0.05) is 35.3 Å². The molecule has 0 bridgehead atoms. The predicted octanol–water partition coefficient (Wildman–Crippen LogP) is 3.57. The molecular formula is C18H19Cl2NO5S. The maximum absolute atomic E-state index is 12.0. The molecule has 0 radical (unpaired) electrons. The number of nitrogens with zero attached hydrogens (tertiary/aromatic N) is 1. The zero-order valence-corrected chi connectivity index (χ0v) is 16.9. The van der Waals surface area contributed by atoms with Crippen molar-refractivity contribution in [2.45, 2.75) is 6.42 Å². The number of carboxylic acid groups (broad SMARTS) is 1. The number of hydrogen-bond acceptors (Lipinski definition) is 4.